The minimum atomic E-state index is -0.209. The monoisotopic (exact) mass is 320 g/mol. The Morgan fingerprint density at radius 3 is 2.64 bits per heavy atom. The van der Waals surface area contributed by atoms with Crippen LogP contribution in [0, 0.1) is 0 Å². The molecule has 0 radical (unpaired) electrons. The Kier molecular flexibility index (Phi) is 4.97. The van der Waals surface area contributed by atoms with Gasteiger partial charge in [-0.05, 0) is 6.07 Å². The molecule has 118 valence electrons. The number of hydrogen-bond acceptors (Lipinski definition) is 6. The number of hydrogen-bond donors (Lipinski definition) is 1. The maximum atomic E-state index is 12.5. The molecule has 0 atom stereocenters. The van der Waals surface area contributed by atoms with Gasteiger partial charge in [0.1, 0.15) is 10.6 Å². The molecule has 0 aromatic carbocycles. The van der Waals surface area contributed by atoms with E-state index in [0.717, 1.165) is 10.7 Å². The first-order valence-corrected chi connectivity index (χ1v) is 7.73. The van der Waals surface area contributed by atoms with Crippen LogP contribution in [-0.2, 0) is 0 Å². The summed E-state index contributed by atoms with van der Waals surface area (Å²) >= 11 is 1.40. The third-order valence-electron chi connectivity index (χ3n) is 3.05. The van der Waals surface area contributed by atoms with Gasteiger partial charge in [-0.25, -0.2) is 9.97 Å². The number of rotatable bonds is 5. The molecule has 2 aromatic heterocycles. The van der Waals surface area contributed by atoms with Crippen molar-refractivity contribution in [3.8, 4) is 5.88 Å². The first-order valence-electron chi connectivity index (χ1n) is 6.91. The molecule has 2 rings (SSSR count). The van der Waals surface area contributed by atoms with Crippen molar-refractivity contribution < 1.29 is 9.53 Å². The highest BCUT2D eigenvalue weighted by molar-refractivity contribution is 7.13. The number of thiazole rings is 1. The summed E-state index contributed by atoms with van der Waals surface area (Å²) in [5.74, 6) is 0.476. The van der Waals surface area contributed by atoms with Gasteiger partial charge in [-0.1, -0.05) is 13.8 Å². The zero-order chi connectivity index (χ0) is 16.3. The lowest BCUT2D eigenvalue weighted by Gasteiger charge is -2.19. The van der Waals surface area contributed by atoms with Gasteiger partial charge < -0.3 is 15.0 Å². The fourth-order valence-corrected chi connectivity index (χ4v) is 2.73. The highest BCUT2D eigenvalue weighted by Gasteiger charge is 2.18. The molecule has 22 heavy (non-hydrogen) atoms. The number of carbonyl (C=O) groups is 1. The molecule has 1 N–H and O–H groups in total. The summed E-state index contributed by atoms with van der Waals surface area (Å²) in [4.78, 5) is 23.3. The second-order valence-corrected chi connectivity index (χ2v) is 6.34. The number of ether oxygens (including phenoxy) is 1. The predicted octanol–water partition coefficient (Wildman–Crippen LogP) is 2.99. The predicted molar refractivity (Wildman–Crippen MR) is 89.3 cm³/mol. The van der Waals surface area contributed by atoms with Gasteiger partial charge >= 0.3 is 0 Å². The average Bonchev–Trinajstić information content (AvgIpc) is 2.97. The fraction of sp³-hybridized carbons (Fsp3) is 0.400. The Hall–Kier alpha value is -2.15. The van der Waals surface area contributed by atoms with E-state index in [2.05, 4.69) is 29.1 Å². The summed E-state index contributed by atoms with van der Waals surface area (Å²) in [5.41, 5.74) is 1.38. The van der Waals surface area contributed by atoms with Gasteiger partial charge in [-0.2, -0.15) is 0 Å². The number of aromatic nitrogens is 2. The molecule has 0 aliphatic carbocycles. The Labute approximate surface area is 134 Å². The Morgan fingerprint density at radius 2 is 2.09 bits per heavy atom. The second-order valence-electron chi connectivity index (χ2n) is 5.28. The van der Waals surface area contributed by atoms with Crippen LogP contribution < -0.4 is 15.0 Å². The molecule has 0 fully saturated rings. The van der Waals surface area contributed by atoms with E-state index in [-0.39, 0.29) is 5.91 Å². The molecule has 0 spiro atoms. The van der Waals surface area contributed by atoms with Gasteiger partial charge in [0.05, 0.1) is 24.0 Å². The number of nitrogens with zero attached hydrogens (tertiary/aromatic N) is 3. The third-order valence-corrected chi connectivity index (χ3v) is 4.35. The zero-order valence-corrected chi connectivity index (χ0v) is 14.2. The molecule has 0 aliphatic rings. The lowest BCUT2D eigenvalue weighted by atomic mass is 10.2. The fourth-order valence-electron chi connectivity index (χ4n) is 1.91. The van der Waals surface area contributed by atoms with Crippen molar-refractivity contribution in [1.82, 2.24) is 9.97 Å². The molecule has 1 amide bonds. The minimum Gasteiger partial charge on any atom is -0.479 e. The van der Waals surface area contributed by atoms with E-state index in [9.17, 15) is 4.79 Å². The summed E-state index contributed by atoms with van der Waals surface area (Å²) in [6.07, 6.45) is 3.25. The van der Waals surface area contributed by atoms with E-state index in [4.69, 9.17) is 4.74 Å². The van der Waals surface area contributed by atoms with Crippen molar-refractivity contribution >= 4 is 28.6 Å². The number of amides is 1. The van der Waals surface area contributed by atoms with Gasteiger partial charge in [-0.3, -0.25) is 4.79 Å². The van der Waals surface area contributed by atoms with Crippen LogP contribution in [0.25, 0.3) is 0 Å². The molecule has 0 saturated carbocycles. The molecule has 0 aliphatic heterocycles. The van der Waals surface area contributed by atoms with E-state index < -0.39 is 0 Å². The van der Waals surface area contributed by atoms with Crippen LogP contribution in [0.3, 0.4) is 0 Å². The number of anilines is 2. The van der Waals surface area contributed by atoms with Gasteiger partial charge in [0.25, 0.3) is 5.91 Å². The largest absolute Gasteiger partial charge is 0.479 e. The van der Waals surface area contributed by atoms with Crippen LogP contribution in [0.4, 0.5) is 11.4 Å². The van der Waals surface area contributed by atoms with E-state index >= 15 is 0 Å². The summed E-state index contributed by atoms with van der Waals surface area (Å²) in [7, 11) is 5.32. The Balaban J connectivity index is 2.31. The van der Waals surface area contributed by atoms with Gasteiger partial charge in [-0.15, -0.1) is 11.3 Å². The molecule has 6 nitrogen and oxygen atoms in total. The van der Waals surface area contributed by atoms with Crippen LogP contribution in [0.1, 0.15) is 34.4 Å². The topological polar surface area (TPSA) is 67.3 Å². The summed E-state index contributed by atoms with van der Waals surface area (Å²) in [6.45, 7) is 4.10. The summed E-state index contributed by atoms with van der Waals surface area (Å²) < 4.78 is 5.25. The van der Waals surface area contributed by atoms with Gasteiger partial charge in [0.2, 0.25) is 5.88 Å². The minimum absolute atomic E-state index is 0.209. The first-order chi connectivity index (χ1) is 10.4. The maximum absolute atomic E-state index is 12.5. The van der Waals surface area contributed by atoms with Crippen molar-refractivity contribution in [2.24, 2.45) is 0 Å². The summed E-state index contributed by atoms with van der Waals surface area (Å²) in [5, 5.41) is 3.82. The number of carbonyl (C=O) groups excluding carboxylic acids is 1. The number of pyridine rings is 1. The molecule has 0 saturated heterocycles. The Morgan fingerprint density at radius 1 is 1.36 bits per heavy atom. The SMILES string of the molecule is COc1nccc(N(C)C)c1NC(=O)c1cnc(C(C)C)s1. The van der Waals surface area contributed by atoms with Crippen LogP contribution in [0.5, 0.6) is 5.88 Å². The molecule has 2 aromatic rings. The molecule has 0 unspecified atom stereocenters. The zero-order valence-electron chi connectivity index (χ0n) is 13.4. The molecular weight excluding hydrogens is 300 g/mol. The van der Waals surface area contributed by atoms with Gasteiger partial charge in [0.15, 0.2) is 0 Å². The highest BCUT2D eigenvalue weighted by Crippen LogP contribution is 2.33. The van der Waals surface area contributed by atoms with E-state index in [1.165, 1.54) is 18.4 Å². The second kappa shape index (κ2) is 6.74. The molecular formula is C15H20N4O2S. The third kappa shape index (κ3) is 3.36. The highest BCUT2D eigenvalue weighted by atomic mass is 32.1. The normalized spacial score (nSPS) is 10.6. The lowest BCUT2D eigenvalue weighted by Crippen LogP contribution is -2.17. The molecule has 0 bridgehead atoms. The number of methoxy groups -OCH3 is 1. The van der Waals surface area contributed by atoms with Crippen molar-refractivity contribution in [1.29, 1.82) is 0 Å². The van der Waals surface area contributed by atoms with Crippen LogP contribution in [0.2, 0.25) is 0 Å². The quantitative estimate of drug-likeness (QED) is 0.917. The number of nitrogens with one attached hydrogen (secondary N) is 1. The average molecular weight is 320 g/mol. The maximum Gasteiger partial charge on any atom is 0.267 e. The van der Waals surface area contributed by atoms with Crippen molar-refractivity contribution in [3.05, 3.63) is 28.3 Å². The van der Waals surface area contributed by atoms with E-state index in [1.807, 2.05) is 25.1 Å². The smallest absolute Gasteiger partial charge is 0.267 e. The van der Waals surface area contributed by atoms with E-state index in [0.29, 0.717) is 22.4 Å². The van der Waals surface area contributed by atoms with Crippen molar-refractivity contribution in [2.45, 2.75) is 19.8 Å². The molecule has 7 heteroatoms. The molecule has 2 heterocycles. The van der Waals surface area contributed by atoms with Crippen LogP contribution in [0.15, 0.2) is 18.5 Å². The van der Waals surface area contributed by atoms with Crippen LogP contribution in [-0.4, -0.2) is 37.1 Å². The first kappa shape index (κ1) is 16.2. The summed E-state index contributed by atoms with van der Waals surface area (Å²) in [6, 6.07) is 1.82. The standard InChI is InChI=1S/C15H20N4O2S/c1-9(2)15-17-8-11(22-15)13(20)18-12-10(19(3)4)6-7-16-14(12)21-5/h6-9H,1-5H3,(H,18,20). The lowest BCUT2D eigenvalue weighted by molar-refractivity contribution is 0.103. The van der Waals surface area contributed by atoms with Gasteiger partial charge in [0, 0.05) is 26.2 Å². The van der Waals surface area contributed by atoms with Crippen molar-refractivity contribution in [2.75, 3.05) is 31.4 Å². The van der Waals surface area contributed by atoms with E-state index in [1.54, 1.807) is 12.4 Å². The Bertz CT molecular complexity index is 667. The van der Waals surface area contributed by atoms with Crippen LogP contribution >= 0.6 is 11.3 Å². The van der Waals surface area contributed by atoms with Crippen molar-refractivity contribution in [3.63, 3.8) is 0 Å².